The van der Waals surface area contributed by atoms with Crippen molar-refractivity contribution in [3.05, 3.63) is 35.4 Å². The minimum Gasteiger partial charge on any atom is -0.312 e. The van der Waals surface area contributed by atoms with Crippen LogP contribution in [0.25, 0.3) is 0 Å². The van der Waals surface area contributed by atoms with Gasteiger partial charge in [-0.1, -0.05) is 24.3 Å². The number of nitrogens with one attached hydrogen (secondary N) is 1. The Labute approximate surface area is 118 Å². The molecule has 2 unspecified atom stereocenters. The molecule has 5 heteroatoms. The van der Waals surface area contributed by atoms with Crippen molar-refractivity contribution in [2.75, 3.05) is 20.6 Å². The van der Waals surface area contributed by atoms with Gasteiger partial charge in [0.2, 0.25) is 0 Å². The van der Waals surface area contributed by atoms with Crippen molar-refractivity contribution in [1.82, 2.24) is 10.2 Å². The van der Waals surface area contributed by atoms with Gasteiger partial charge in [0, 0.05) is 18.6 Å². The van der Waals surface area contributed by atoms with E-state index in [-0.39, 0.29) is 18.6 Å². The van der Waals surface area contributed by atoms with Crippen LogP contribution >= 0.6 is 0 Å². The molecule has 0 saturated heterocycles. The second kappa shape index (κ2) is 6.14. The number of halogens is 3. The van der Waals surface area contributed by atoms with Gasteiger partial charge < -0.3 is 10.2 Å². The molecule has 0 spiro atoms. The molecule has 0 saturated carbocycles. The van der Waals surface area contributed by atoms with Crippen LogP contribution in [0, 0.1) is 0 Å². The molecular formula is C15H21F3N2. The summed E-state index contributed by atoms with van der Waals surface area (Å²) in [5.74, 6) is 0. The lowest BCUT2D eigenvalue weighted by Crippen LogP contribution is -2.45. The van der Waals surface area contributed by atoms with Crippen LogP contribution in [0.5, 0.6) is 0 Å². The SMILES string of the molecule is CNC1c2ccccc2CCC1N(C)CCC(F)(F)F. The predicted octanol–water partition coefficient (Wildman–Crippen LogP) is 3.15. The van der Waals surface area contributed by atoms with Gasteiger partial charge >= 0.3 is 6.18 Å². The zero-order valence-electron chi connectivity index (χ0n) is 11.9. The molecule has 0 heterocycles. The van der Waals surface area contributed by atoms with Crippen LogP contribution in [0.4, 0.5) is 13.2 Å². The van der Waals surface area contributed by atoms with Gasteiger partial charge in [0.15, 0.2) is 0 Å². The Morgan fingerprint density at radius 2 is 2.00 bits per heavy atom. The van der Waals surface area contributed by atoms with Crippen molar-refractivity contribution < 1.29 is 13.2 Å². The van der Waals surface area contributed by atoms with E-state index in [1.165, 1.54) is 11.1 Å². The molecule has 0 radical (unpaired) electrons. The average Bonchev–Trinajstić information content (AvgIpc) is 2.42. The molecule has 0 amide bonds. The Balaban J connectivity index is 2.09. The molecule has 2 rings (SSSR count). The summed E-state index contributed by atoms with van der Waals surface area (Å²) < 4.78 is 37.1. The molecule has 1 aromatic rings. The van der Waals surface area contributed by atoms with Gasteiger partial charge in [-0.2, -0.15) is 13.2 Å². The first-order chi connectivity index (χ1) is 9.42. The zero-order chi connectivity index (χ0) is 14.8. The van der Waals surface area contributed by atoms with Crippen molar-refractivity contribution in [2.45, 2.75) is 37.5 Å². The normalized spacial score (nSPS) is 22.9. The fourth-order valence-electron chi connectivity index (χ4n) is 3.03. The van der Waals surface area contributed by atoms with Gasteiger partial charge in [-0.25, -0.2) is 0 Å². The average molecular weight is 286 g/mol. The Hall–Kier alpha value is -1.07. The number of alkyl halides is 3. The van der Waals surface area contributed by atoms with Crippen LogP contribution in [0.1, 0.15) is 30.0 Å². The van der Waals surface area contributed by atoms with E-state index in [1.807, 2.05) is 24.1 Å². The van der Waals surface area contributed by atoms with Gasteiger partial charge in [-0.05, 0) is 38.1 Å². The summed E-state index contributed by atoms with van der Waals surface area (Å²) >= 11 is 0. The van der Waals surface area contributed by atoms with Crippen LogP contribution in [0.3, 0.4) is 0 Å². The maximum Gasteiger partial charge on any atom is 0.390 e. The Bertz CT molecular complexity index is 445. The van der Waals surface area contributed by atoms with Crippen LogP contribution in [0.15, 0.2) is 24.3 Å². The molecule has 2 nitrogen and oxygen atoms in total. The number of nitrogens with zero attached hydrogens (tertiary/aromatic N) is 1. The third-order valence-corrected chi connectivity index (χ3v) is 4.11. The van der Waals surface area contributed by atoms with Crippen molar-refractivity contribution in [1.29, 1.82) is 0 Å². The van der Waals surface area contributed by atoms with Gasteiger partial charge in [0.25, 0.3) is 0 Å². The molecule has 0 aromatic heterocycles. The standard InChI is InChI=1S/C15H21F3N2/c1-19-14-12-6-4-3-5-11(12)7-8-13(14)20(2)10-9-15(16,17)18/h3-6,13-14,19H,7-10H2,1-2H3. The largest absolute Gasteiger partial charge is 0.390 e. The number of likely N-dealkylation sites (N-methyl/N-ethyl adjacent to an activating group) is 2. The summed E-state index contributed by atoms with van der Waals surface area (Å²) in [4.78, 5) is 1.84. The Morgan fingerprint density at radius 1 is 1.30 bits per heavy atom. The fourth-order valence-corrected chi connectivity index (χ4v) is 3.03. The highest BCUT2D eigenvalue weighted by Crippen LogP contribution is 2.33. The highest BCUT2D eigenvalue weighted by molar-refractivity contribution is 5.33. The lowest BCUT2D eigenvalue weighted by molar-refractivity contribution is -0.138. The third kappa shape index (κ3) is 3.52. The van der Waals surface area contributed by atoms with Gasteiger partial charge in [-0.15, -0.1) is 0 Å². The maximum absolute atomic E-state index is 12.4. The minimum absolute atomic E-state index is 0.0501. The van der Waals surface area contributed by atoms with Crippen LogP contribution in [0.2, 0.25) is 0 Å². The summed E-state index contributed by atoms with van der Waals surface area (Å²) in [6, 6.07) is 8.38. The van der Waals surface area contributed by atoms with E-state index in [1.54, 1.807) is 7.05 Å². The molecule has 0 fully saturated rings. The van der Waals surface area contributed by atoms with Crippen LogP contribution < -0.4 is 5.32 Å². The van der Waals surface area contributed by atoms with E-state index in [0.717, 1.165) is 12.8 Å². The minimum atomic E-state index is -4.09. The lowest BCUT2D eigenvalue weighted by atomic mass is 9.83. The van der Waals surface area contributed by atoms with E-state index < -0.39 is 12.6 Å². The van der Waals surface area contributed by atoms with Gasteiger partial charge in [-0.3, -0.25) is 0 Å². The monoisotopic (exact) mass is 286 g/mol. The molecule has 2 atom stereocenters. The molecule has 112 valence electrons. The molecular weight excluding hydrogens is 265 g/mol. The molecule has 0 aliphatic heterocycles. The highest BCUT2D eigenvalue weighted by atomic mass is 19.4. The topological polar surface area (TPSA) is 15.3 Å². The zero-order valence-corrected chi connectivity index (χ0v) is 11.9. The van der Waals surface area contributed by atoms with Crippen molar-refractivity contribution in [2.24, 2.45) is 0 Å². The summed E-state index contributed by atoms with van der Waals surface area (Å²) in [5.41, 5.74) is 2.51. The van der Waals surface area contributed by atoms with Crippen molar-refractivity contribution >= 4 is 0 Å². The van der Waals surface area contributed by atoms with E-state index in [9.17, 15) is 13.2 Å². The molecule has 20 heavy (non-hydrogen) atoms. The summed E-state index contributed by atoms with van der Waals surface area (Å²) in [6.07, 6.45) is -3.03. The Morgan fingerprint density at radius 3 is 2.65 bits per heavy atom. The quantitative estimate of drug-likeness (QED) is 0.914. The second-order valence-electron chi connectivity index (χ2n) is 5.42. The number of benzene rings is 1. The number of aryl methyl sites for hydroxylation is 1. The molecule has 0 bridgehead atoms. The molecule has 1 aromatic carbocycles. The van der Waals surface area contributed by atoms with E-state index >= 15 is 0 Å². The summed E-state index contributed by atoms with van der Waals surface area (Å²) in [7, 11) is 3.66. The van der Waals surface area contributed by atoms with E-state index in [0.29, 0.717) is 0 Å². The number of hydrogen-bond acceptors (Lipinski definition) is 2. The fraction of sp³-hybridized carbons (Fsp3) is 0.600. The van der Waals surface area contributed by atoms with Gasteiger partial charge in [0.1, 0.15) is 0 Å². The first kappa shape index (κ1) is 15.3. The van der Waals surface area contributed by atoms with Crippen LogP contribution in [-0.4, -0.2) is 37.8 Å². The summed E-state index contributed by atoms with van der Waals surface area (Å²) in [5, 5.41) is 3.27. The van der Waals surface area contributed by atoms with E-state index in [2.05, 4.69) is 17.4 Å². The lowest BCUT2D eigenvalue weighted by Gasteiger charge is -2.39. The van der Waals surface area contributed by atoms with Crippen molar-refractivity contribution in [3.63, 3.8) is 0 Å². The highest BCUT2D eigenvalue weighted by Gasteiger charge is 2.33. The van der Waals surface area contributed by atoms with E-state index in [4.69, 9.17) is 0 Å². The number of fused-ring (bicyclic) bond motifs is 1. The molecule has 1 aliphatic carbocycles. The van der Waals surface area contributed by atoms with Gasteiger partial charge in [0.05, 0.1) is 6.42 Å². The molecule has 1 N–H and O–H groups in total. The number of hydrogen-bond donors (Lipinski definition) is 1. The third-order valence-electron chi connectivity index (χ3n) is 4.11. The smallest absolute Gasteiger partial charge is 0.312 e. The van der Waals surface area contributed by atoms with Crippen LogP contribution in [-0.2, 0) is 6.42 Å². The predicted molar refractivity (Wildman–Crippen MR) is 73.7 cm³/mol. The maximum atomic E-state index is 12.4. The Kier molecular flexibility index (Phi) is 4.70. The molecule has 1 aliphatic rings. The van der Waals surface area contributed by atoms with Crippen molar-refractivity contribution in [3.8, 4) is 0 Å². The first-order valence-corrected chi connectivity index (χ1v) is 6.94. The number of rotatable bonds is 4. The first-order valence-electron chi connectivity index (χ1n) is 6.94. The second-order valence-corrected chi connectivity index (χ2v) is 5.42. The summed E-state index contributed by atoms with van der Waals surface area (Å²) in [6.45, 7) is 0.0501.